The molecule has 0 aliphatic carbocycles. The van der Waals surface area contributed by atoms with Gasteiger partial charge in [-0.3, -0.25) is 9.59 Å². The second-order valence-corrected chi connectivity index (χ2v) is 9.06. The normalized spacial score (nSPS) is 15.3. The van der Waals surface area contributed by atoms with Crippen LogP contribution in [-0.4, -0.2) is 24.0 Å². The van der Waals surface area contributed by atoms with Gasteiger partial charge >= 0.3 is 0 Å². The number of hydrogen-bond donors (Lipinski definition) is 0. The van der Waals surface area contributed by atoms with Crippen molar-refractivity contribution in [2.75, 3.05) is 13.2 Å². The SMILES string of the molecule is CCCCCN1C(=O)c2oc3cc(C)c(Cl)cc3c(=O)c2C1c1cccc(OCCCC)c1. The molecular formula is C27H30ClNO4. The lowest BCUT2D eigenvalue weighted by Gasteiger charge is -2.25. The Hall–Kier alpha value is -2.79. The zero-order valence-corrected chi connectivity index (χ0v) is 20.2. The Bertz CT molecular complexity index is 1230. The summed E-state index contributed by atoms with van der Waals surface area (Å²) in [6, 6.07) is 10.5. The number of halogens is 1. The molecule has 4 rings (SSSR count). The van der Waals surface area contributed by atoms with Gasteiger partial charge in [0.15, 0.2) is 5.43 Å². The van der Waals surface area contributed by atoms with Crippen LogP contribution in [-0.2, 0) is 0 Å². The minimum absolute atomic E-state index is 0.132. The molecule has 0 fully saturated rings. The molecule has 5 nitrogen and oxygen atoms in total. The van der Waals surface area contributed by atoms with Crippen LogP contribution < -0.4 is 10.2 Å². The van der Waals surface area contributed by atoms with Gasteiger partial charge in [0.2, 0.25) is 5.76 Å². The van der Waals surface area contributed by atoms with E-state index in [2.05, 4.69) is 13.8 Å². The van der Waals surface area contributed by atoms with Gasteiger partial charge in [0, 0.05) is 11.6 Å². The van der Waals surface area contributed by atoms with Crippen LogP contribution in [0.4, 0.5) is 0 Å². The summed E-state index contributed by atoms with van der Waals surface area (Å²) < 4.78 is 12.0. The van der Waals surface area contributed by atoms with E-state index in [0.717, 1.165) is 49.0 Å². The molecule has 174 valence electrons. The summed E-state index contributed by atoms with van der Waals surface area (Å²) in [5, 5.41) is 0.898. The fraction of sp³-hybridized carbons (Fsp3) is 0.407. The largest absolute Gasteiger partial charge is 0.494 e. The van der Waals surface area contributed by atoms with Crippen LogP contribution in [0.2, 0.25) is 5.02 Å². The van der Waals surface area contributed by atoms with Crippen LogP contribution in [0.5, 0.6) is 5.75 Å². The molecule has 1 unspecified atom stereocenters. The van der Waals surface area contributed by atoms with Crippen molar-refractivity contribution in [2.45, 2.75) is 58.9 Å². The zero-order valence-electron chi connectivity index (χ0n) is 19.4. The molecule has 1 amide bonds. The van der Waals surface area contributed by atoms with Gasteiger partial charge in [-0.05, 0) is 55.2 Å². The van der Waals surface area contributed by atoms with Crippen molar-refractivity contribution in [3.63, 3.8) is 0 Å². The number of amides is 1. The molecule has 0 spiro atoms. The van der Waals surface area contributed by atoms with Crippen molar-refractivity contribution in [3.8, 4) is 5.75 Å². The van der Waals surface area contributed by atoms with Crippen LogP contribution in [0.1, 0.15) is 79.2 Å². The van der Waals surface area contributed by atoms with Crippen molar-refractivity contribution < 1.29 is 13.9 Å². The van der Waals surface area contributed by atoms with E-state index in [1.54, 1.807) is 17.0 Å². The lowest BCUT2D eigenvalue weighted by Crippen LogP contribution is -2.30. The number of nitrogens with zero attached hydrogens (tertiary/aromatic N) is 1. The monoisotopic (exact) mass is 467 g/mol. The Balaban J connectivity index is 1.84. The van der Waals surface area contributed by atoms with Gasteiger partial charge in [0.25, 0.3) is 5.91 Å². The van der Waals surface area contributed by atoms with Crippen LogP contribution in [0, 0.1) is 6.92 Å². The van der Waals surface area contributed by atoms with E-state index < -0.39 is 6.04 Å². The first kappa shape index (κ1) is 23.4. The van der Waals surface area contributed by atoms with Gasteiger partial charge in [-0.2, -0.15) is 0 Å². The predicted octanol–water partition coefficient (Wildman–Crippen LogP) is 6.67. The van der Waals surface area contributed by atoms with Crippen molar-refractivity contribution in [3.05, 3.63) is 74.1 Å². The Labute approximate surface area is 199 Å². The number of benzene rings is 2. The molecule has 0 saturated heterocycles. The molecule has 1 aliphatic heterocycles. The van der Waals surface area contributed by atoms with E-state index in [4.69, 9.17) is 20.8 Å². The molecular weight excluding hydrogens is 438 g/mol. The summed E-state index contributed by atoms with van der Waals surface area (Å²) >= 11 is 6.31. The molecule has 0 saturated carbocycles. The van der Waals surface area contributed by atoms with Crippen LogP contribution in [0.25, 0.3) is 11.0 Å². The highest BCUT2D eigenvalue weighted by Gasteiger charge is 2.42. The lowest BCUT2D eigenvalue weighted by molar-refractivity contribution is 0.0724. The highest BCUT2D eigenvalue weighted by molar-refractivity contribution is 6.32. The molecule has 1 aliphatic rings. The topological polar surface area (TPSA) is 59.8 Å². The average molecular weight is 468 g/mol. The minimum atomic E-state index is -0.514. The van der Waals surface area contributed by atoms with Gasteiger partial charge < -0.3 is 14.1 Å². The van der Waals surface area contributed by atoms with E-state index in [9.17, 15) is 9.59 Å². The number of carbonyl (C=O) groups excluding carboxylic acids is 1. The van der Waals surface area contributed by atoms with Crippen molar-refractivity contribution in [2.24, 2.45) is 0 Å². The first-order valence-corrected chi connectivity index (χ1v) is 12.1. The maximum Gasteiger partial charge on any atom is 0.290 e. The van der Waals surface area contributed by atoms with Crippen LogP contribution in [0.15, 0.2) is 45.6 Å². The third-order valence-electron chi connectivity index (χ3n) is 6.19. The molecule has 2 aromatic carbocycles. The molecule has 0 N–H and O–H groups in total. The summed E-state index contributed by atoms with van der Waals surface area (Å²) in [5.74, 6) is 0.627. The Kier molecular flexibility index (Phi) is 7.08. The van der Waals surface area contributed by atoms with E-state index >= 15 is 0 Å². The second kappa shape index (κ2) is 10.0. The third kappa shape index (κ3) is 4.51. The molecule has 33 heavy (non-hydrogen) atoms. The van der Waals surface area contributed by atoms with E-state index in [-0.39, 0.29) is 17.1 Å². The van der Waals surface area contributed by atoms with E-state index in [0.29, 0.717) is 34.7 Å². The van der Waals surface area contributed by atoms with Crippen LogP contribution >= 0.6 is 11.6 Å². The molecule has 3 aromatic rings. The summed E-state index contributed by atoms with van der Waals surface area (Å²) in [6.07, 6.45) is 4.92. The predicted molar refractivity (Wildman–Crippen MR) is 131 cm³/mol. The van der Waals surface area contributed by atoms with E-state index in [1.165, 1.54) is 0 Å². The van der Waals surface area contributed by atoms with Gasteiger partial charge in [-0.25, -0.2) is 0 Å². The molecule has 1 atom stereocenters. The minimum Gasteiger partial charge on any atom is -0.494 e. The first-order chi connectivity index (χ1) is 16.0. The van der Waals surface area contributed by atoms with Crippen molar-refractivity contribution >= 4 is 28.5 Å². The number of ether oxygens (including phenoxy) is 1. The van der Waals surface area contributed by atoms with Gasteiger partial charge in [0.05, 0.1) is 23.6 Å². The quantitative estimate of drug-likeness (QED) is 0.330. The fourth-order valence-electron chi connectivity index (χ4n) is 4.36. The van der Waals surface area contributed by atoms with Crippen molar-refractivity contribution in [1.82, 2.24) is 4.90 Å². The molecule has 1 aromatic heterocycles. The molecule has 2 heterocycles. The Morgan fingerprint density at radius 1 is 1.06 bits per heavy atom. The van der Waals surface area contributed by atoms with E-state index in [1.807, 2.05) is 31.2 Å². The molecule has 6 heteroatoms. The summed E-state index contributed by atoms with van der Waals surface area (Å²) in [5.41, 5.74) is 2.21. The highest BCUT2D eigenvalue weighted by atomic mass is 35.5. The Morgan fingerprint density at radius 3 is 2.61 bits per heavy atom. The number of hydrogen-bond acceptors (Lipinski definition) is 4. The molecule has 0 radical (unpaired) electrons. The summed E-state index contributed by atoms with van der Waals surface area (Å²) in [4.78, 5) is 28.9. The third-order valence-corrected chi connectivity index (χ3v) is 6.60. The smallest absolute Gasteiger partial charge is 0.290 e. The maximum absolute atomic E-state index is 13.7. The van der Waals surface area contributed by atoms with Gasteiger partial charge in [-0.1, -0.05) is 56.8 Å². The second-order valence-electron chi connectivity index (χ2n) is 8.65. The lowest BCUT2D eigenvalue weighted by atomic mass is 9.98. The standard InChI is InChI=1S/C27H30ClNO4/c1-4-6-8-12-29-24(18-10-9-11-19(15-18)32-13-7-5-2)23-25(30)20-16-21(28)17(3)14-22(20)33-26(23)27(29)31/h9-11,14-16,24H,4-8,12-13H2,1-3H3. The zero-order chi connectivity index (χ0) is 23.5. The fourth-order valence-corrected chi connectivity index (χ4v) is 4.52. The summed E-state index contributed by atoms with van der Waals surface area (Å²) in [6.45, 7) is 7.27. The highest BCUT2D eigenvalue weighted by Crippen LogP contribution is 2.39. The number of unbranched alkanes of at least 4 members (excludes halogenated alkanes) is 3. The maximum atomic E-state index is 13.7. The first-order valence-electron chi connectivity index (χ1n) is 11.8. The number of aryl methyl sites for hydroxylation is 1. The summed E-state index contributed by atoms with van der Waals surface area (Å²) in [7, 11) is 0. The number of fused-ring (bicyclic) bond motifs is 2. The Morgan fingerprint density at radius 2 is 1.85 bits per heavy atom. The van der Waals surface area contributed by atoms with Gasteiger partial charge in [0.1, 0.15) is 11.3 Å². The number of carbonyl (C=O) groups is 1. The van der Waals surface area contributed by atoms with Crippen molar-refractivity contribution in [1.29, 1.82) is 0 Å². The molecule has 0 bridgehead atoms. The van der Waals surface area contributed by atoms with Gasteiger partial charge in [-0.15, -0.1) is 0 Å². The average Bonchev–Trinajstić information content (AvgIpc) is 3.08. The van der Waals surface area contributed by atoms with Crippen LogP contribution in [0.3, 0.4) is 0 Å². The number of rotatable bonds is 9.